The number of methoxy groups -OCH3 is 1. The lowest BCUT2D eigenvalue weighted by atomic mass is 10.0. The molecule has 0 bridgehead atoms. The number of anilines is 1. The molecule has 0 spiro atoms. The van der Waals surface area contributed by atoms with Gasteiger partial charge in [0.2, 0.25) is 0 Å². The second-order valence-corrected chi connectivity index (χ2v) is 6.40. The summed E-state index contributed by atoms with van der Waals surface area (Å²) < 4.78 is 60.8. The van der Waals surface area contributed by atoms with Gasteiger partial charge in [0.25, 0.3) is 0 Å². The Morgan fingerprint density at radius 1 is 1.38 bits per heavy atom. The summed E-state index contributed by atoms with van der Waals surface area (Å²) in [5.41, 5.74) is 1.21. The number of alkyl halides is 3. The summed E-state index contributed by atoms with van der Waals surface area (Å²) >= 11 is 0. The van der Waals surface area contributed by atoms with Crippen molar-refractivity contribution in [1.29, 1.82) is 0 Å². The molecule has 2 rings (SSSR count). The number of amidine groups is 1. The van der Waals surface area contributed by atoms with Gasteiger partial charge in [-0.2, -0.15) is 13.2 Å². The van der Waals surface area contributed by atoms with E-state index < -0.39 is 18.0 Å². The molecule has 1 aliphatic rings. The predicted octanol–water partition coefficient (Wildman–Crippen LogP) is 5.24. The van der Waals surface area contributed by atoms with Gasteiger partial charge in [-0.25, -0.2) is 9.38 Å². The quantitative estimate of drug-likeness (QED) is 0.478. The summed E-state index contributed by atoms with van der Waals surface area (Å²) in [7, 11) is 1.38. The molecule has 0 fully saturated rings. The molecule has 0 saturated carbocycles. The topological polar surface area (TPSA) is 45.7 Å². The Balaban J connectivity index is 2.55. The van der Waals surface area contributed by atoms with Gasteiger partial charge in [0.05, 0.1) is 6.61 Å². The fourth-order valence-corrected chi connectivity index (χ4v) is 2.79. The van der Waals surface area contributed by atoms with Crippen LogP contribution in [0.1, 0.15) is 19.4 Å². The van der Waals surface area contributed by atoms with Crippen molar-refractivity contribution in [2.45, 2.75) is 32.7 Å². The van der Waals surface area contributed by atoms with Crippen molar-refractivity contribution in [2.24, 2.45) is 4.99 Å². The maximum Gasteiger partial charge on any atom is 0.412 e. The molecule has 1 heterocycles. The Morgan fingerprint density at radius 3 is 2.69 bits per heavy atom. The van der Waals surface area contributed by atoms with Gasteiger partial charge in [0, 0.05) is 35.3 Å². The maximum atomic E-state index is 14.1. The van der Waals surface area contributed by atoms with E-state index in [4.69, 9.17) is 4.74 Å². The van der Waals surface area contributed by atoms with E-state index in [1.807, 2.05) is 0 Å². The average molecular weight is 409 g/mol. The summed E-state index contributed by atoms with van der Waals surface area (Å²) in [6, 6.07) is 1.38. The summed E-state index contributed by atoms with van der Waals surface area (Å²) in [6.07, 6.45) is 1.41. The molecule has 1 unspecified atom stereocenters. The fraction of sp³-hybridized carbons (Fsp3) is 0.286. The first-order chi connectivity index (χ1) is 13.7. The molecule has 0 saturated heterocycles. The first-order valence-corrected chi connectivity index (χ1v) is 8.82. The van der Waals surface area contributed by atoms with Crippen LogP contribution in [0.3, 0.4) is 0 Å². The molecule has 156 valence electrons. The Kier molecular flexibility index (Phi) is 7.39. The van der Waals surface area contributed by atoms with Crippen molar-refractivity contribution in [2.75, 3.05) is 12.4 Å². The predicted molar refractivity (Wildman–Crippen MR) is 107 cm³/mol. The first-order valence-electron chi connectivity index (χ1n) is 8.82. The minimum Gasteiger partial charge on any atom is -0.380 e. The second-order valence-electron chi connectivity index (χ2n) is 6.40. The summed E-state index contributed by atoms with van der Waals surface area (Å²) in [4.78, 5) is 4.21. The molecule has 2 N–H and O–H groups in total. The maximum absolute atomic E-state index is 14.1. The zero-order valence-electron chi connectivity index (χ0n) is 16.4. The number of aliphatic imine (C=N–C) groups is 1. The molecule has 1 aromatic rings. The molecule has 4 nitrogen and oxygen atoms in total. The normalized spacial score (nSPS) is 16.4. The zero-order chi connectivity index (χ0) is 21.6. The van der Waals surface area contributed by atoms with Crippen LogP contribution in [0, 0.1) is 5.82 Å². The van der Waals surface area contributed by atoms with Crippen LogP contribution >= 0.6 is 0 Å². The van der Waals surface area contributed by atoms with Gasteiger partial charge in [-0.15, -0.1) is 0 Å². The first kappa shape index (κ1) is 22.4. The lowest BCUT2D eigenvalue weighted by Crippen LogP contribution is -2.44. The number of rotatable bonds is 7. The molecule has 1 aromatic carbocycles. The number of hydrogen-bond donors (Lipinski definition) is 2. The van der Waals surface area contributed by atoms with Gasteiger partial charge < -0.3 is 15.4 Å². The molecular formula is C21H23F4N3O. The summed E-state index contributed by atoms with van der Waals surface area (Å²) in [5.74, 6) is -0.524. The highest BCUT2D eigenvalue weighted by atomic mass is 19.4. The van der Waals surface area contributed by atoms with E-state index in [0.29, 0.717) is 11.4 Å². The SMILES string of the molecule is C=C1C=C(C)N=C(/C(=C\C=C/C)C(Nc2ccc(F)cc2COC)C(F)(F)F)N1. The highest BCUT2D eigenvalue weighted by molar-refractivity contribution is 6.02. The van der Waals surface area contributed by atoms with Gasteiger partial charge in [0.1, 0.15) is 11.7 Å². The van der Waals surface area contributed by atoms with Gasteiger partial charge in [-0.05, 0) is 38.1 Å². The molecule has 0 aromatic heterocycles. The van der Waals surface area contributed by atoms with Crippen LogP contribution in [-0.4, -0.2) is 25.2 Å². The van der Waals surface area contributed by atoms with Crippen LogP contribution in [0.25, 0.3) is 0 Å². The van der Waals surface area contributed by atoms with Gasteiger partial charge in [-0.1, -0.05) is 24.8 Å². The molecule has 8 heteroatoms. The largest absolute Gasteiger partial charge is 0.412 e. The van der Waals surface area contributed by atoms with Gasteiger partial charge in [0.15, 0.2) is 6.04 Å². The third kappa shape index (κ3) is 6.05. The van der Waals surface area contributed by atoms with E-state index >= 15 is 0 Å². The fourth-order valence-electron chi connectivity index (χ4n) is 2.79. The number of ether oxygens (including phenoxy) is 1. The van der Waals surface area contributed by atoms with Crippen LogP contribution < -0.4 is 10.6 Å². The third-order valence-corrected chi connectivity index (χ3v) is 4.00. The molecule has 29 heavy (non-hydrogen) atoms. The second kappa shape index (κ2) is 9.56. The summed E-state index contributed by atoms with van der Waals surface area (Å²) in [6.45, 7) is 7.08. The van der Waals surface area contributed by atoms with E-state index in [9.17, 15) is 17.6 Å². The number of allylic oxidation sites excluding steroid dienone is 5. The van der Waals surface area contributed by atoms with E-state index in [1.54, 1.807) is 26.0 Å². The smallest absolute Gasteiger partial charge is 0.380 e. The number of benzene rings is 1. The molecule has 0 amide bonds. The molecule has 1 aliphatic heterocycles. The Hall–Kier alpha value is -2.87. The number of halogens is 4. The highest BCUT2D eigenvalue weighted by Gasteiger charge is 2.44. The van der Waals surface area contributed by atoms with Gasteiger partial charge in [-0.3, -0.25) is 0 Å². The number of hydrogen-bond acceptors (Lipinski definition) is 4. The lowest BCUT2D eigenvalue weighted by Gasteiger charge is -2.28. The van der Waals surface area contributed by atoms with Gasteiger partial charge >= 0.3 is 6.18 Å². The van der Waals surface area contributed by atoms with E-state index in [1.165, 1.54) is 25.3 Å². The molecule has 1 atom stereocenters. The van der Waals surface area contributed by atoms with Crippen molar-refractivity contribution in [3.8, 4) is 0 Å². The van der Waals surface area contributed by atoms with E-state index in [0.717, 1.165) is 12.1 Å². The van der Waals surface area contributed by atoms with E-state index in [2.05, 4.69) is 22.2 Å². The van der Waals surface area contributed by atoms with Crippen molar-refractivity contribution in [3.05, 3.63) is 77.4 Å². The van der Waals surface area contributed by atoms with Crippen LogP contribution in [-0.2, 0) is 11.3 Å². The Bertz CT molecular complexity index is 882. The van der Waals surface area contributed by atoms with Crippen molar-refractivity contribution in [1.82, 2.24) is 5.32 Å². The van der Waals surface area contributed by atoms with Crippen LogP contribution in [0.15, 0.2) is 71.0 Å². The third-order valence-electron chi connectivity index (χ3n) is 4.00. The monoisotopic (exact) mass is 409 g/mol. The molecule has 0 aliphatic carbocycles. The average Bonchev–Trinajstić information content (AvgIpc) is 2.61. The standard InChI is InChI=1S/C21H23F4N3O/c1-5-6-7-17(20-26-13(2)10-14(3)27-20)19(21(23,24)25)28-18-9-8-16(22)11-15(18)12-29-4/h5-11,19,28H,2,12H2,1,3-4H3,(H,26,27)/b6-5-,17-7-. The number of nitrogens with zero attached hydrogens (tertiary/aromatic N) is 1. The van der Waals surface area contributed by atoms with Crippen LogP contribution in [0.2, 0.25) is 0 Å². The minimum atomic E-state index is -4.66. The number of nitrogens with one attached hydrogen (secondary N) is 2. The minimum absolute atomic E-state index is 0.0401. The lowest BCUT2D eigenvalue weighted by molar-refractivity contribution is -0.133. The molecular weight excluding hydrogens is 386 g/mol. The van der Waals surface area contributed by atoms with E-state index in [-0.39, 0.29) is 29.3 Å². The Labute approximate surface area is 167 Å². The Morgan fingerprint density at radius 2 is 2.10 bits per heavy atom. The van der Waals surface area contributed by atoms with Crippen LogP contribution in [0.5, 0.6) is 0 Å². The molecule has 0 radical (unpaired) electrons. The van der Waals surface area contributed by atoms with Crippen molar-refractivity contribution in [3.63, 3.8) is 0 Å². The highest BCUT2D eigenvalue weighted by Crippen LogP contribution is 2.32. The summed E-state index contributed by atoms with van der Waals surface area (Å²) in [5, 5.41) is 5.29. The zero-order valence-corrected chi connectivity index (χ0v) is 16.4. The van der Waals surface area contributed by atoms with Crippen LogP contribution in [0.4, 0.5) is 23.2 Å². The van der Waals surface area contributed by atoms with Crippen molar-refractivity contribution >= 4 is 11.5 Å². The van der Waals surface area contributed by atoms with Crippen molar-refractivity contribution < 1.29 is 22.3 Å².